The number of unbranched alkanes of at least 4 members (excludes halogenated alkanes) is 2. The number of piperidine rings is 1. The summed E-state index contributed by atoms with van der Waals surface area (Å²) in [5.74, 6) is 1.37. The Hall–Kier alpha value is -2.49. The molecule has 0 aromatic heterocycles. The third-order valence-electron chi connectivity index (χ3n) is 7.60. The summed E-state index contributed by atoms with van der Waals surface area (Å²) in [6.07, 6.45) is 10.8. The van der Waals surface area contributed by atoms with Gasteiger partial charge in [0.05, 0.1) is 6.26 Å². The zero-order chi connectivity index (χ0) is 29.7. The summed E-state index contributed by atoms with van der Waals surface area (Å²) in [6.45, 7) is 10.3. The Bertz CT molecular complexity index is 1150. The van der Waals surface area contributed by atoms with E-state index in [-0.39, 0.29) is 24.5 Å². The van der Waals surface area contributed by atoms with E-state index in [1.165, 1.54) is 18.4 Å². The van der Waals surface area contributed by atoms with Crippen LogP contribution in [0, 0.1) is 0 Å². The number of hydrogen-bond donors (Lipinski definition) is 2. The summed E-state index contributed by atoms with van der Waals surface area (Å²) in [5.41, 5.74) is 1.72. The van der Waals surface area contributed by atoms with Gasteiger partial charge in [-0.2, -0.15) is 0 Å². The fourth-order valence-corrected chi connectivity index (χ4v) is 5.93. The van der Waals surface area contributed by atoms with E-state index in [0.29, 0.717) is 17.5 Å². The molecule has 0 saturated carbocycles. The van der Waals surface area contributed by atoms with E-state index in [0.717, 1.165) is 83.1 Å². The van der Waals surface area contributed by atoms with Crippen molar-refractivity contribution in [3.05, 3.63) is 54.1 Å². The summed E-state index contributed by atoms with van der Waals surface area (Å²) in [5, 5.41) is 3.38. The summed E-state index contributed by atoms with van der Waals surface area (Å²) in [7, 11) is -3.31. The first-order valence-electron chi connectivity index (χ1n) is 15.3. The van der Waals surface area contributed by atoms with Gasteiger partial charge in [0.15, 0.2) is 0 Å². The van der Waals surface area contributed by atoms with Gasteiger partial charge in [-0.15, -0.1) is 12.4 Å². The molecule has 236 valence electrons. The first-order valence-corrected chi connectivity index (χ1v) is 17.2. The minimum Gasteiger partial charge on any atom is -0.457 e. The van der Waals surface area contributed by atoms with Crippen molar-refractivity contribution in [2.75, 3.05) is 30.6 Å². The third kappa shape index (κ3) is 12.4. The molecule has 2 aromatic rings. The third-order valence-corrected chi connectivity index (χ3v) is 8.21. The van der Waals surface area contributed by atoms with Gasteiger partial charge in [-0.05, 0) is 74.1 Å². The maximum absolute atomic E-state index is 13.4. The van der Waals surface area contributed by atoms with Crippen LogP contribution in [0.1, 0.15) is 84.1 Å². The van der Waals surface area contributed by atoms with Crippen molar-refractivity contribution in [3.63, 3.8) is 0 Å². The number of hydrogen-bond acceptors (Lipinski definition) is 5. The second-order valence-electron chi connectivity index (χ2n) is 11.3. The summed E-state index contributed by atoms with van der Waals surface area (Å²) in [4.78, 5) is 18.0. The van der Waals surface area contributed by atoms with Crippen LogP contribution >= 0.6 is 12.4 Å². The van der Waals surface area contributed by atoms with Crippen LogP contribution in [0.5, 0.6) is 11.5 Å². The first kappa shape index (κ1) is 35.7. The van der Waals surface area contributed by atoms with Crippen molar-refractivity contribution in [1.82, 2.24) is 15.1 Å². The van der Waals surface area contributed by atoms with Gasteiger partial charge in [-0.25, -0.2) is 13.2 Å². The second kappa shape index (κ2) is 18.2. The van der Waals surface area contributed by atoms with Crippen LogP contribution in [-0.4, -0.2) is 62.2 Å². The Morgan fingerprint density at radius 1 is 0.929 bits per heavy atom. The lowest BCUT2D eigenvalue weighted by atomic mass is 10.0. The van der Waals surface area contributed by atoms with Crippen LogP contribution in [0.2, 0.25) is 0 Å². The average Bonchev–Trinajstić information content (AvgIpc) is 2.94. The van der Waals surface area contributed by atoms with Crippen LogP contribution in [0.3, 0.4) is 0 Å². The molecule has 42 heavy (non-hydrogen) atoms. The molecule has 1 atom stereocenters. The first-order chi connectivity index (χ1) is 19.7. The predicted molar refractivity (Wildman–Crippen MR) is 175 cm³/mol. The molecular weight excluding hydrogens is 572 g/mol. The van der Waals surface area contributed by atoms with Gasteiger partial charge >= 0.3 is 6.03 Å². The van der Waals surface area contributed by atoms with Crippen LogP contribution in [0.4, 0.5) is 10.5 Å². The highest BCUT2D eigenvalue weighted by Gasteiger charge is 2.26. The number of benzene rings is 2. The van der Waals surface area contributed by atoms with Crippen molar-refractivity contribution in [2.24, 2.45) is 0 Å². The van der Waals surface area contributed by atoms with Crippen LogP contribution < -0.4 is 14.8 Å². The molecule has 2 aromatic carbocycles. The largest absolute Gasteiger partial charge is 0.457 e. The van der Waals surface area contributed by atoms with Gasteiger partial charge in [0.25, 0.3) is 0 Å². The van der Waals surface area contributed by atoms with E-state index >= 15 is 0 Å². The number of ether oxygens (including phenoxy) is 1. The number of amides is 2. The number of rotatable bonds is 16. The minimum atomic E-state index is -3.31. The van der Waals surface area contributed by atoms with E-state index in [1.807, 2.05) is 12.1 Å². The lowest BCUT2D eigenvalue weighted by molar-refractivity contribution is 0.147. The molecule has 1 saturated heterocycles. The SMILES string of the molecule is CCCCC(CCC)N(CCCC)C(=O)NC1CCN(Cc2ccc(Oc3ccc(NS(C)(=O)=O)cc3)cc2)CC1.Cl. The number of nitrogens with one attached hydrogen (secondary N) is 2. The molecule has 8 nitrogen and oxygen atoms in total. The molecule has 0 spiro atoms. The number of nitrogens with zero attached hydrogens (tertiary/aromatic N) is 2. The average molecular weight is 623 g/mol. The van der Waals surface area contributed by atoms with E-state index in [2.05, 4.69) is 52.7 Å². The fraction of sp³-hybridized carbons (Fsp3) is 0.594. The Morgan fingerprint density at radius 2 is 1.52 bits per heavy atom. The number of urea groups is 1. The van der Waals surface area contributed by atoms with E-state index in [9.17, 15) is 13.2 Å². The van der Waals surface area contributed by atoms with E-state index in [1.54, 1.807) is 24.3 Å². The molecule has 10 heteroatoms. The molecule has 0 bridgehead atoms. The molecule has 1 unspecified atom stereocenters. The molecule has 2 amide bonds. The number of halogens is 1. The molecule has 2 N–H and O–H groups in total. The van der Waals surface area contributed by atoms with Gasteiger partial charge in [0, 0.05) is 44.0 Å². The minimum absolute atomic E-state index is 0. The summed E-state index contributed by atoms with van der Waals surface area (Å²) >= 11 is 0. The lowest BCUT2D eigenvalue weighted by Crippen LogP contribution is -2.52. The van der Waals surface area contributed by atoms with Crippen molar-refractivity contribution in [3.8, 4) is 11.5 Å². The van der Waals surface area contributed by atoms with Gasteiger partial charge < -0.3 is 15.0 Å². The van der Waals surface area contributed by atoms with Gasteiger partial charge in [0.2, 0.25) is 10.0 Å². The number of likely N-dealkylation sites (tertiary alicyclic amines) is 1. The number of carbonyl (C=O) groups excluding carboxylic acids is 1. The molecule has 3 rings (SSSR count). The second-order valence-corrected chi connectivity index (χ2v) is 13.0. The van der Waals surface area contributed by atoms with Gasteiger partial charge in [-0.3, -0.25) is 9.62 Å². The van der Waals surface area contributed by atoms with Gasteiger partial charge in [0.1, 0.15) is 11.5 Å². The van der Waals surface area contributed by atoms with Crippen molar-refractivity contribution in [1.29, 1.82) is 0 Å². The number of carbonyl (C=O) groups is 1. The molecule has 1 heterocycles. The van der Waals surface area contributed by atoms with Crippen molar-refractivity contribution < 1.29 is 17.9 Å². The summed E-state index contributed by atoms with van der Waals surface area (Å²) < 4.78 is 31.1. The molecular formula is C32H51ClN4O4S. The molecule has 1 aliphatic heterocycles. The highest BCUT2D eigenvalue weighted by atomic mass is 35.5. The zero-order valence-electron chi connectivity index (χ0n) is 25.8. The monoisotopic (exact) mass is 622 g/mol. The molecule has 0 radical (unpaired) electrons. The highest BCUT2D eigenvalue weighted by molar-refractivity contribution is 7.92. The lowest BCUT2D eigenvalue weighted by Gasteiger charge is -2.36. The van der Waals surface area contributed by atoms with Crippen molar-refractivity contribution in [2.45, 2.75) is 97.2 Å². The Kier molecular flexibility index (Phi) is 15.5. The highest BCUT2D eigenvalue weighted by Crippen LogP contribution is 2.25. The summed E-state index contributed by atoms with van der Waals surface area (Å²) in [6, 6.07) is 15.6. The van der Waals surface area contributed by atoms with Crippen LogP contribution in [0.15, 0.2) is 48.5 Å². The predicted octanol–water partition coefficient (Wildman–Crippen LogP) is 7.41. The maximum atomic E-state index is 13.4. The topological polar surface area (TPSA) is 91.0 Å². The van der Waals surface area contributed by atoms with E-state index < -0.39 is 10.0 Å². The van der Waals surface area contributed by atoms with E-state index in [4.69, 9.17) is 4.74 Å². The number of sulfonamides is 1. The molecule has 1 aliphatic rings. The smallest absolute Gasteiger partial charge is 0.317 e. The Labute approximate surface area is 260 Å². The Balaban J connectivity index is 0.00000616. The van der Waals surface area contributed by atoms with Crippen molar-refractivity contribution >= 4 is 34.1 Å². The maximum Gasteiger partial charge on any atom is 0.317 e. The normalized spacial score (nSPS) is 15.0. The molecule has 0 aliphatic carbocycles. The molecule has 1 fully saturated rings. The standard InChI is InChI=1S/C32H50N4O4S.ClH/c1-5-8-11-29(10-7-3)36(22-9-6-2)32(37)33-27-20-23-35(24-21-27)25-26-12-16-30(17-13-26)40-31-18-14-28(15-19-31)34-41(4,38)39;/h12-19,27,29,34H,5-11,20-25H2,1-4H3,(H,33,37);1H. The fourth-order valence-electron chi connectivity index (χ4n) is 5.36. The van der Waals surface area contributed by atoms with Gasteiger partial charge in [-0.1, -0.05) is 58.6 Å². The Morgan fingerprint density at radius 3 is 2.07 bits per heavy atom. The quantitative estimate of drug-likeness (QED) is 0.203. The van der Waals surface area contributed by atoms with Crippen LogP contribution in [0.25, 0.3) is 0 Å². The number of anilines is 1. The van der Waals surface area contributed by atoms with Crippen LogP contribution in [-0.2, 0) is 16.6 Å². The zero-order valence-corrected chi connectivity index (χ0v) is 27.4.